The summed E-state index contributed by atoms with van der Waals surface area (Å²) in [5, 5.41) is 7.95. The van der Waals surface area contributed by atoms with E-state index in [1.54, 1.807) is 11.0 Å². The monoisotopic (exact) mass is 243 g/mol. The Labute approximate surface area is 109 Å². The van der Waals surface area contributed by atoms with Gasteiger partial charge in [0.05, 0.1) is 0 Å². The van der Waals surface area contributed by atoms with E-state index in [1.165, 1.54) is 17.3 Å². The molecule has 3 nitrogen and oxygen atoms in total. The molecule has 0 spiro atoms. The van der Waals surface area contributed by atoms with Gasteiger partial charge < -0.3 is 10.6 Å². The molecule has 0 atom stereocenters. The average molecular weight is 243 g/mol. The highest BCUT2D eigenvalue weighted by molar-refractivity contribution is 5.98. The first-order chi connectivity index (χ1) is 8.54. The summed E-state index contributed by atoms with van der Waals surface area (Å²) in [6.45, 7) is 2.07. The minimum absolute atomic E-state index is 0.462. The van der Waals surface area contributed by atoms with Gasteiger partial charge in [0.2, 0.25) is 0 Å². The third-order valence-corrected chi connectivity index (χ3v) is 2.67. The zero-order valence-corrected chi connectivity index (χ0v) is 11.3. The molecule has 0 radical (unpaired) electrons. The highest BCUT2D eigenvalue weighted by Crippen LogP contribution is 2.08. The fourth-order valence-corrected chi connectivity index (χ4v) is 1.56. The van der Waals surface area contributed by atoms with Crippen LogP contribution in [0, 0.1) is 12.3 Å². The van der Waals surface area contributed by atoms with Crippen molar-refractivity contribution in [1.82, 2.24) is 4.90 Å². The quantitative estimate of drug-likeness (QED) is 0.485. The lowest BCUT2D eigenvalue weighted by Crippen LogP contribution is -2.22. The van der Waals surface area contributed by atoms with Crippen LogP contribution in [0.15, 0.2) is 48.2 Å². The summed E-state index contributed by atoms with van der Waals surface area (Å²) >= 11 is 0. The van der Waals surface area contributed by atoms with E-state index in [-0.39, 0.29) is 0 Å². The number of allylic oxidation sites excluding steroid dienone is 1. The minimum atomic E-state index is 0.462. The molecule has 0 aliphatic heterocycles. The number of rotatable bonds is 4. The van der Waals surface area contributed by atoms with Gasteiger partial charge in [-0.3, -0.25) is 5.41 Å². The maximum Gasteiger partial charge on any atom is 0.127 e. The van der Waals surface area contributed by atoms with Crippen LogP contribution in [0.2, 0.25) is 0 Å². The number of nitrogens with two attached hydrogens (primary N) is 1. The average Bonchev–Trinajstić information content (AvgIpc) is 2.35. The fraction of sp³-hybridized carbons (Fsp3) is 0.267. The van der Waals surface area contributed by atoms with Gasteiger partial charge >= 0.3 is 0 Å². The van der Waals surface area contributed by atoms with Gasteiger partial charge in [0.15, 0.2) is 0 Å². The number of nitrogens with one attached hydrogen (secondary N) is 1. The van der Waals surface area contributed by atoms with Crippen LogP contribution in [0.1, 0.15) is 11.1 Å². The first kappa shape index (κ1) is 14.0. The van der Waals surface area contributed by atoms with Crippen molar-refractivity contribution >= 4 is 5.84 Å². The normalized spacial score (nSPS) is 11.8. The van der Waals surface area contributed by atoms with Gasteiger partial charge in [-0.2, -0.15) is 0 Å². The second kappa shape index (κ2) is 6.64. The molecule has 0 heterocycles. The maximum atomic E-state index is 7.95. The molecule has 0 aliphatic rings. The molecule has 3 N–H and O–H groups in total. The number of amidine groups is 1. The molecular formula is C15H21N3. The van der Waals surface area contributed by atoms with Crippen LogP contribution in [-0.2, 0) is 6.42 Å². The fourth-order valence-electron chi connectivity index (χ4n) is 1.56. The molecule has 18 heavy (non-hydrogen) atoms. The molecule has 0 aliphatic carbocycles. The first-order valence-corrected chi connectivity index (χ1v) is 5.95. The van der Waals surface area contributed by atoms with Crippen LogP contribution < -0.4 is 5.73 Å². The molecule has 0 saturated heterocycles. The van der Waals surface area contributed by atoms with Crippen molar-refractivity contribution in [1.29, 1.82) is 5.41 Å². The molecule has 1 rings (SSSR count). The smallest absolute Gasteiger partial charge is 0.127 e. The van der Waals surface area contributed by atoms with Crippen LogP contribution in [0.5, 0.6) is 0 Å². The molecule has 0 amide bonds. The Morgan fingerprint density at radius 1 is 1.28 bits per heavy atom. The Hall–Kier alpha value is -2.03. The van der Waals surface area contributed by atoms with Crippen molar-refractivity contribution in [2.45, 2.75) is 13.3 Å². The number of aryl methyl sites for hydroxylation is 1. The second-order valence-corrected chi connectivity index (χ2v) is 4.45. The van der Waals surface area contributed by atoms with Crippen molar-refractivity contribution in [3.05, 3.63) is 59.3 Å². The summed E-state index contributed by atoms with van der Waals surface area (Å²) in [6.07, 6.45) is 6.06. The highest BCUT2D eigenvalue weighted by atomic mass is 15.1. The minimum Gasteiger partial charge on any atom is -0.405 e. The number of likely N-dealkylation sites (N-methyl/N-ethyl adjacent to an activating group) is 1. The largest absolute Gasteiger partial charge is 0.405 e. The van der Waals surface area contributed by atoms with Crippen molar-refractivity contribution < 1.29 is 0 Å². The van der Waals surface area contributed by atoms with Gasteiger partial charge in [-0.15, -0.1) is 0 Å². The molecule has 0 aromatic heterocycles. The van der Waals surface area contributed by atoms with Crippen LogP contribution >= 0.6 is 0 Å². The molecule has 0 bridgehead atoms. The van der Waals surface area contributed by atoms with Crippen LogP contribution in [0.3, 0.4) is 0 Å². The van der Waals surface area contributed by atoms with E-state index >= 15 is 0 Å². The Kier molecular flexibility index (Phi) is 5.18. The Balaban J connectivity index is 2.83. The first-order valence-electron chi connectivity index (χ1n) is 5.95. The Morgan fingerprint density at radius 2 is 1.89 bits per heavy atom. The lowest BCUT2D eigenvalue weighted by atomic mass is 10.1. The van der Waals surface area contributed by atoms with Gasteiger partial charge in [-0.1, -0.05) is 35.9 Å². The number of hydrogen-bond donors (Lipinski definition) is 2. The van der Waals surface area contributed by atoms with Crippen molar-refractivity contribution in [3.63, 3.8) is 0 Å². The lowest BCUT2D eigenvalue weighted by molar-refractivity contribution is 0.618. The third kappa shape index (κ3) is 4.09. The Bertz CT molecular complexity index is 453. The van der Waals surface area contributed by atoms with Crippen molar-refractivity contribution in [2.24, 2.45) is 5.73 Å². The number of nitrogens with zero attached hydrogens (tertiary/aromatic N) is 1. The van der Waals surface area contributed by atoms with Crippen LogP contribution in [-0.4, -0.2) is 24.8 Å². The molecule has 1 aromatic carbocycles. The van der Waals surface area contributed by atoms with E-state index in [0.29, 0.717) is 5.84 Å². The summed E-state index contributed by atoms with van der Waals surface area (Å²) in [7, 11) is 3.71. The maximum absolute atomic E-state index is 7.95. The van der Waals surface area contributed by atoms with Gasteiger partial charge in [0.1, 0.15) is 5.84 Å². The summed E-state index contributed by atoms with van der Waals surface area (Å²) in [4.78, 5) is 1.76. The van der Waals surface area contributed by atoms with Crippen LogP contribution in [0.4, 0.5) is 0 Å². The topological polar surface area (TPSA) is 53.1 Å². The van der Waals surface area contributed by atoms with Crippen molar-refractivity contribution in [3.8, 4) is 0 Å². The predicted molar refractivity (Wildman–Crippen MR) is 77.7 cm³/mol. The zero-order chi connectivity index (χ0) is 13.5. The van der Waals surface area contributed by atoms with Gasteiger partial charge in [-0.25, -0.2) is 0 Å². The summed E-state index contributed by atoms with van der Waals surface area (Å²) in [5.74, 6) is 0.462. The molecule has 3 heteroatoms. The van der Waals surface area contributed by atoms with E-state index in [2.05, 4.69) is 31.2 Å². The second-order valence-electron chi connectivity index (χ2n) is 4.45. The summed E-state index contributed by atoms with van der Waals surface area (Å²) in [5.41, 5.74) is 8.74. The van der Waals surface area contributed by atoms with Crippen LogP contribution in [0.25, 0.3) is 0 Å². The number of hydrogen-bond acceptors (Lipinski definition) is 2. The summed E-state index contributed by atoms with van der Waals surface area (Å²) < 4.78 is 0. The van der Waals surface area contributed by atoms with Gasteiger partial charge in [0.25, 0.3) is 0 Å². The van der Waals surface area contributed by atoms with E-state index in [0.717, 1.165) is 12.0 Å². The van der Waals surface area contributed by atoms with Gasteiger partial charge in [-0.05, 0) is 31.2 Å². The molecular weight excluding hydrogens is 222 g/mol. The van der Waals surface area contributed by atoms with Crippen molar-refractivity contribution in [2.75, 3.05) is 14.1 Å². The number of benzene rings is 1. The highest BCUT2D eigenvalue weighted by Gasteiger charge is 2.03. The predicted octanol–water partition coefficient (Wildman–Crippen LogP) is 2.48. The standard InChI is InChI=1S/C15H21N3/c1-12-4-6-13(7-5-12)8-9-14(10-11-16)15(17)18(2)3/h4-7,9-11,17H,8,16H2,1-3H3/b11-10-,14-9-,17-15?. The molecule has 0 fully saturated rings. The van der Waals surface area contributed by atoms with E-state index in [9.17, 15) is 0 Å². The zero-order valence-electron chi connectivity index (χ0n) is 11.3. The summed E-state index contributed by atoms with van der Waals surface area (Å²) in [6, 6.07) is 8.40. The van der Waals surface area contributed by atoms with E-state index in [4.69, 9.17) is 11.1 Å². The Morgan fingerprint density at radius 3 is 2.39 bits per heavy atom. The SMILES string of the molecule is Cc1ccc(C/C=C(/C=C\N)C(=N)N(C)C)cc1. The molecule has 0 unspecified atom stereocenters. The molecule has 96 valence electrons. The van der Waals surface area contributed by atoms with E-state index < -0.39 is 0 Å². The van der Waals surface area contributed by atoms with E-state index in [1.807, 2.05) is 20.2 Å². The lowest BCUT2D eigenvalue weighted by Gasteiger charge is -2.14. The third-order valence-electron chi connectivity index (χ3n) is 2.67. The molecule has 1 aromatic rings. The van der Waals surface area contributed by atoms with Gasteiger partial charge in [0, 0.05) is 19.7 Å². The molecule has 0 saturated carbocycles.